The van der Waals surface area contributed by atoms with E-state index in [0.29, 0.717) is 12.8 Å². The summed E-state index contributed by atoms with van der Waals surface area (Å²) >= 11 is 0. The van der Waals surface area contributed by atoms with Crippen molar-refractivity contribution in [3.63, 3.8) is 0 Å². The summed E-state index contributed by atoms with van der Waals surface area (Å²) in [6, 6.07) is 3.06. The van der Waals surface area contributed by atoms with Gasteiger partial charge in [0.05, 0.1) is 11.1 Å². The Labute approximate surface area is 121 Å². The monoisotopic (exact) mass is 304 g/mol. The lowest BCUT2D eigenvalue weighted by Gasteiger charge is -2.26. The lowest BCUT2D eigenvalue weighted by Crippen LogP contribution is -2.44. The first-order valence-corrected chi connectivity index (χ1v) is 6.55. The molecule has 0 aliphatic carbocycles. The lowest BCUT2D eigenvalue weighted by molar-refractivity contribution is -0.138. The molecule has 0 saturated heterocycles. The minimum absolute atomic E-state index is 0.00375. The van der Waals surface area contributed by atoms with E-state index < -0.39 is 28.7 Å². The first-order chi connectivity index (χ1) is 9.63. The van der Waals surface area contributed by atoms with Crippen molar-refractivity contribution in [2.75, 3.05) is 6.61 Å². The summed E-state index contributed by atoms with van der Waals surface area (Å²) in [6.07, 6.45) is -3.41. The van der Waals surface area contributed by atoms with Crippen LogP contribution >= 0.6 is 0 Å². The van der Waals surface area contributed by atoms with E-state index in [9.17, 15) is 18.0 Å². The van der Waals surface area contributed by atoms with Gasteiger partial charge in [-0.25, -0.2) is 0 Å². The summed E-state index contributed by atoms with van der Waals surface area (Å²) in [5, 5.41) is 0. The highest BCUT2D eigenvalue weighted by Gasteiger charge is 2.35. The standard InChI is InChI=1S/C14H19F3N2O2/c1-3-13(19,4-2)8-21-9-5-6-10(12(18)20)11(7-9)14(15,16)17/h5-7H,3-4,8,19H2,1-2H3,(H2,18,20). The summed E-state index contributed by atoms with van der Waals surface area (Å²) in [6.45, 7) is 3.85. The molecule has 0 saturated carbocycles. The predicted molar refractivity (Wildman–Crippen MR) is 73.0 cm³/mol. The quantitative estimate of drug-likeness (QED) is 0.848. The number of nitrogens with two attached hydrogens (primary N) is 2. The number of primary amides is 1. The van der Waals surface area contributed by atoms with Crippen LogP contribution in [-0.4, -0.2) is 18.1 Å². The van der Waals surface area contributed by atoms with Gasteiger partial charge >= 0.3 is 6.18 Å². The molecule has 0 aromatic heterocycles. The number of carbonyl (C=O) groups is 1. The second-order valence-corrected chi connectivity index (χ2v) is 4.93. The van der Waals surface area contributed by atoms with Gasteiger partial charge in [0.2, 0.25) is 5.91 Å². The van der Waals surface area contributed by atoms with Crippen molar-refractivity contribution in [3.05, 3.63) is 29.3 Å². The average molecular weight is 304 g/mol. The molecule has 21 heavy (non-hydrogen) atoms. The van der Waals surface area contributed by atoms with Crippen molar-refractivity contribution < 1.29 is 22.7 Å². The van der Waals surface area contributed by atoms with Crippen LogP contribution < -0.4 is 16.2 Å². The zero-order valence-electron chi connectivity index (χ0n) is 12.0. The van der Waals surface area contributed by atoms with Crippen LogP contribution in [-0.2, 0) is 6.18 Å². The third-order valence-electron chi connectivity index (χ3n) is 3.50. The van der Waals surface area contributed by atoms with E-state index in [-0.39, 0.29) is 12.4 Å². The molecule has 1 amide bonds. The third-order valence-corrected chi connectivity index (χ3v) is 3.50. The van der Waals surface area contributed by atoms with E-state index in [0.717, 1.165) is 12.1 Å². The van der Waals surface area contributed by atoms with E-state index in [2.05, 4.69) is 0 Å². The fourth-order valence-corrected chi connectivity index (χ4v) is 1.74. The Morgan fingerprint density at radius 2 is 1.81 bits per heavy atom. The van der Waals surface area contributed by atoms with Crippen LogP contribution in [0.2, 0.25) is 0 Å². The second-order valence-electron chi connectivity index (χ2n) is 4.93. The van der Waals surface area contributed by atoms with E-state index in [1.54, 1.807) is 0 Å². The zero-order chi connectivity index (χ0) is 16.3. The molecule has 1 aromatic rings. The van der Waals surface area contributed by atoms with Crippen molar-refractivity contribution in [2.24, 2.45) is 11.5 Å². The summed E-state index contributed by atoms with van der Waals surface area (Å²) in [7, 11) is 0. The van der Waals surface area contributed by atoms with E-state index in [1.807, 2.05) is 13.8 Å². The van der Waals surface area contributed by atoms with Gasteiger partial charge in [0, 0.05) is 5.54 Å². The summed E-state index contributed by atoms with van der Waals surface area (Å²) in [5.41, 5.74) is 8.68. The molecular weight excluding hydrogens is 285 g/mol. The Kier molecular flexibility index (Phi) is 5.22. The SMILES string of the molecule is CCC(N)(CC)COc1ccc(C(N)=O)c(C(F)(F)F)c1. The van der Waals surface area contributed by atoms with Gasteiger partial charge < -0.3 is 16.2 Å². The van der Waals surface area contributed by atoms with Gasteiger partial charge in [0.25, 0.3) is 0 Å². The van der Waals surface area contributed by atoms with Crippen molar-refractivity contribution >= 4 is 5.91 Å². The van der Waals surface area contributed by atoms with Crippen LogP contribution in [0.15, 0.2) is 18.2 Å². The Hall–Kier alpha value is -1.76. The van der Waals surface area contributed by atoms with Crippen molar-refractivity contribution in [2.45, 2.75) is 38.4 Å². The molecule has 0 bridgehead atoms. The molecule has 0 radical (unpaired) electrons. The van der Waals surface area contributed by atoms with E-state index >= 15 is 0 Å². The Morgan fingerprint density at radius 1 is 1.24 bits per heavy atom. The molecular formula is C14H19F3N2O2. The second kappa shape index (κ2) is 6.34. The van der Waals surface area contributed by atoms with Gasteiger partial charge in [-0.05, 0) is 31.0 Å². The van der Waals surface area contributed by atoms with Crippen LogP contribution in [0.1, 0.15) is 42.6 Å². The highest BCUT2D eigenvalue weighted by Crippen LogP contribution is 2.34. The molecule has 0 heterocycles. The molecule has 1 aromatic carbocycles. The molecule has 4 nitrogen and oxygen atoms in total. The van der Waals surface area contributed by atoms with Crippen molar-refractivity contribution in [1.82, 2.24) is 0 Å². The number of amides is 1. The molecule has 0 spiro atoms. The van der Waals surface area contributed by atoms with Crippen LogP contribution in [0.25, 0.3) is 0 Å². The maximum atomic E-state index is 12.9. The zero-order valence-corrected chi connectivity index (χ0v) is 12.0. The van der Waals surface area contributed by atoms with Crippen LogP contribution in [0.4, 0.5) is 13.2 Å². The number of benzene rings is 1. The Balaban J connectivity index is 3.04. The smallest absolute Gasteiger partial charge is 0.417 e. The van der Waals surface area contributed by atoms with E-state index in [4.69, 9.17) is 16.2 Å². The van der Waals surface area contributed by atoms with Crippen LogP contribution in [0.3, 0.4) is 0 Å². The molecule has 4 N–H and O–H groups in total. The molecule has 0 aliphatic heterocycles. The maximum absolute atomic E-state index is 12.9. The molecule has 118 valence electrons. The van der Waals surface area contributed by atoms with Crippen molar-refractivity contribution in [3.8, 4) is 5.75 Å². The minimum atomic E-state index is -4.68. The number of hydrogen-bond acceptors (Lipinski definition) is 3. The number of alkyl halides is 3. The highest BCUT2D eigenvalue weighted by atomic mass is 19.4. The minimum Gasteiger partial charge on any atom is -0.492 e. The summed E-state index contributed by atoms with van der Waals surface area (Å²) in [5.74, 6) is -1.13. The van der Waals surface area contributed by atoms with Gasteiger partial charge in [-0.1, -0.05) is 13.8 Å². The molecule has 0 unspecified atom stereocenters. The van der Waals surface area contributed by atoms with E-state index in [1.165, 1.54) is 6.07 Å². The number of carbonyl (C=O) groups excluding carboxylic acids is 1. The molecule has 0 fully saturated rings. The van der Waals surface area contributed by atoms with Gasteiger partial charge in [-0.2, -0.15) is 13.2 Å². The third kappa shape index (κ3) is 4.35. The van der Waals surface area contributed by atoms with Crippen LogP contribution in [0.5, 0.6) is 5.75 Å². The predicted octanol–water partition coefficient (Wildman–Crippen LogP) is 2.70. The summed E-state index contributed by atoms with van der Waals surface area (Å²) < 4.78 is 44.1. The van der Waals surface area contributed by atoms with Gasteiger partial charge in [0.15, 0.2) is 0 Å². The largest absolute Gasteiger partial charge is 0.492 e. The Bertz CT molecular complexity index is 511. The number of rotatable bonds is 6. The molecule has 0 aliphatic rings. The molecule has 1 rings (SSSR count). The van der Waals surface area contributed by atoms with Gasteiger partial charge in [-0.3, -0.25) is 4.79 Å². The molecule has 0 atom stereocenters. The maximum Gasteiger partial charge on any atom is 0.417 e. The highest BCUT2D eigenvalue weighted by molar-refractivity contribution is 5.94. The first kappa shape index (κ1) is 17.3. The van der Waals surface area contributed by atoms with Gasteiger partial charge in [0.1, 0.15) is 12.4 Å². The first-order valence-electron chi connectivity index (χ1n) is 6.55. The van der Waals surface area contributed by atoms with Crippen molar-refractivity contribution in [1.29, 1.82) is 0 Å². The fourth-order valence-electron chi connectivity index (χ4n) is 1.74. The molecule has 7 heteroatoms. The average Bonchev–Trinajstić information content (AvgIpc) is 2.43. The normalized spacial score (nSPS) is 12.3. The Morgan fingerprint density at radius 3 is 2.24 bits per heavy atom. The van der Waals surface area contributed by atoms with Crippen LogP contribution in [0, 0.1) is 0 Å². The number of hydrogen-bond donors (Lipinski definition) is 2. The van der Waals surface area contributed by atoms with Gasteiger partial charge in [-0.15, -0.1) is 0 Å². The number of ether oxygens (including phenoxy) is 1. The lowest BCUT2D eigenvalue weighted by atomic mass is 9.95. The fraction of sp³-hybridized carbons (Fsp3) is 0.500. The number of halogens is 3. The summed E-state index contributed by atoms with van der Waals surface area (Å²) in [4.78, 5) is 11.1. The topological polar surface area (TPSA) is 78.3 Å².